The summed E-state index contributed by atoms with van der Waals surface area (Å²) in [5.74, 6) is 0. The van der Waals surface area contributed by atoms with Gasteiger partial charge in [-0.25, -0.2) is 0 Å². The Bertz CT molecular complexity index is 212. The lowest BCUT2D eigenvalue weighted by atomic mass is 10.2. The summed E-state index contributed by atoms with van der Waals surface area (Å²) in [6.45, 7) is 11.5. The second kappa shape index (κ2) is 7.79. The van der Waals surface area contributed by atoms with Gasteiger partial charge in [-0.15, -0.1) is 6.58 Å². The van der Waals surface area contributed by atoms with Crippen LogP contribution in [0.3, 0.4) is 0 Å². The molecule has 102 valence electrons. The normalized spacial score (nSPS) is 19.1. The minimum atomic E-state index is -0.725. The number of hydrogen-bond acceptors (Lipinski definition) is 5. The number of aliphatic hydroxyl groups is 3. The zero-order valence-corrected chi connectivity index (χ0v) is 11.2. The molecule has 3 N–H and O–H groups in total. The van der Waals surface area contributed by atoms with Gasteiger partial charge in [-0.1, -0.05) is 6.08 Å². The summed E-state index contributed by atoms with van der Waals surface area (Å²) in [7, 11) is 0. The van der Waals surface area contributed by atoms with E-state index in [2.05, 4.69) is 6.58 Å². The van der Waals surface area contributed by atoms with Crippen LogP contribution in [-0.2, 0) is 0 Å². The van der Waals surface area contributed by atoms with Gasteiger partial charge in [0.05, 0.1) is 0 Å². The summed E-state index contributed by atoms with van der Waals surface area (Å²) in [6.07, 6.45) is -0.319. The highest BCUT2D eigenvalue weighted by Gasteiger charge is 2.23. The van der Waals surface area contributed by atoms with E-state index in [4.69, 9.17) is 0 Å². The average molecular weight is 246 g/mol. The minimum Gasteiger partial charge on any atom is -0.379 e. The zero-order chi connectivity index (χ0) is 13.6. The van der Waals surface area contributed by atoms with Gasteiger partial charge in [0, 0.05) is 19.1 Å². The fraction of sp³-hybridized carbons (Fsp3) is 0.833. The summed E-state index contributed by atoms with van der Waals surface area (Å²) in [6, 6.07) is -0.00259. The number of aliphatic hydroxyl groups excluding tert-OH is 3. The molecule has 0 saturated heterocycles. The molecule has 0 aliphatic carbocycles. The molecule has 0 rings (SSSR count). The van der Waals surface area contributed by atoms with E-state index in [0.29, 0.717) is 13.1 Å². The number of rotatable bonds is 8. The second-order valence-corrected chi connectivity index (χ2v) is 4.43. The molecule has 0 aliphatic rings. The van der Waals surface area contributed by atoms with Gasteiger partial charge in [0.2, 0.25) is 0 Å². The molecule has 0 bridgehead atoms. The van der Waals surface area contributed by atoms with Crippen molar-refractivity contribution in [3.8, 4) is 0 Å². The van der Waals surface area contributed by atoms with Crippen molar-refractivity contribution in [2.45, 2.75) is 52.4 Å². The van der Waals surface area contributed by atoms with Crippen LogP contribution in [0.4, 0.5) is 0 Å². The molecule has 0 radical (unpaired) electrons. The van der Waals surface area contributed by atoms with E-state index >= 15 is 0 Å². The van der Waals surface area contributed by atoms with E-state index in [9.17, 15) is 15.3 Å². The molecule has 0 aliphatic heterocycles. The fourth-order valence-electron chi connectivity index (χ4n) is 1.88. The van der Waals surface area contributed by atoms with Crippen molar-refractivity contribution in [2.75, 3.05) is 13.1 Å². The van der Waals surface area contributed by atoms with E-state index in [-0.39, 0.29) is 6.04 Å². The number of nitrogens with zero attached hydrogens (tertiary/aromatic N) is 2. The Kier molecular flexibility index (Phi) is 7.58. The minimum absolute atomic E-state index is 0.00259. The molecule has 0 amide bonds. The Morgan fingerprint density at radius 2 is 1.35 bits per heavy atom. The summed E-state index contributed by atoms with van der Waals surface area (Å²) >= 11 is 0. The predicted octanol–water partition coefficient (Wildman–Crippen LogP) is 0.180. The molecule has 4 atom stereocenters. The van der Waals surface area contributed by atoms with Gasteiger partial charge in [0.1, 0.15) is 18.7 Å². The van der Waals surface area contributed by atoms with Crippen LogP contribution in [-0.4, -0.2) is 62.9 Å². The molecule has 0 spiro atoms. The molecule has 0 heterocycles. The van der Waals surface area contributed by atoms with Crippen molar-refractivity contribution in [1.29, 1.82) is 0 Å². The van der Waals surface area contributed by atoms with Crippen LogP contribution in [0.2, 0.25) is 0 Å². The lowest BCUT2D eigenvalue weighted by molar-refractivity contribution is -0.103. The van der Waals surface area contributed by atoms with Gasteiger partial charge in [0.25, 0.3) is 0 Å². The van der Waals surface area contributed by atoms with Crippen LogP contribution < -0.4 is 0 Å². The predicted molar refractivity (Wildman–Crippen MR) is 68.1 cm³/mol. The third-order valence-corrected chi connectivity index (χ3v) is 2.82. The molecule has 0 aromatic heterocycles. The Balaban J connectivity index is 4.55. The van der Waals surface area contributed by atoms with Crippen LogP contribution in [0.15, 0.2) is 12.7 Å². The maximum atomic E-state index is 9.64. The summed E-state index contributed by atoms with van der Waals surface area (Å²) in [5, 5.41) is 28.7. The van der Waals surface area contributed by atoms with Gasteiger partial charge in [0.15, 0.2) is 0 Å². The first-order valence-corrected chi connectivity index (χ1v) is 5.97. The molecule has 0 aromatic carbocycles. The lowest BCUT2D eigenvalue weighted by Crippen LogP contribution is -2.51. The van der Waals surface area contributed by atoms with E-state index in [0.717, 1.165) is 0 Å². The Hall–Kier alpha value is -0.460. The fourth-order valence-corrected chi connectivity index (χ4v) is 1.88. The zero-order valence-electron chi connectivity index (χ0n) is 11.2. The van der Waals surface area contributed by atoms with Crippen molar-refractivity contribution in [3.05, 3.63) is 12.7 Å². The van der Waals surface area contributed by atoms with Gasteiger partial charge >= 0.3 is 0 Å². The summed E-state index contributed by atoms with van der Waals surface area (Å²) in [5.41, 5.74) is 0. The lowest BCUT2D eigenvalue weighted by Gasteiger charge is -2.36. The monoisotopic (exact) mass is 246 g/mol. The quantitative estimate of drug-likeness (QED) is 0.421. The molecule has 5 nitrogen and oxygen atoms in total. The standard InChI is InChI=1S/C12H26N2O3/c1-6-7-13(10(3)15)9(2)8-14(11(4)16)12(5)17/h6,9-12,15-17H,1,7-8H2,2-5H3. The Labute approximate surface area is 104 Å². The molecular weight excluding hydrogens is 220 g/mol. The van der Waals surface area contributed by atoms with Crippen LogP contribution >= 0.6 is 0 Å². The molecule has 0 aromatic rings. The van der Waals surface area contributed by atoms with Crippen molar-refractivity contribution >= 4 is 0 Å². The van der Waals surface area contributed by atoms with E-state index < -0.39 is 18.7 Å². The van der Waals surface area contributed by atoms with E-state index in [1.165, 1.54) is 0 Å². The van der Waals surface area contributed by atoms with E-state index in [1.54, 1.807) is 31.7 Å². The topological polar surface area (TPSA) is 67.2 Å². The first-order valence-electron chi connectivity index (χ1n) is 5.97. The molecule has 0 saturated carbocycles. The molecule has 4 unspecified atom stereocenters. The average Bonchev–Trinajstić information content (AvgIpc) is 2.20. The van der Waals surface area contributed by atoms with Crippen LogP contribution in [0.25, 0.3) is 0 Å². The third kappa shape index (κ3) is 5.61. The maximum Gasteiger partial charge on any atom is 0.106 e. The van der Waals surface area contributed by atoms with Crippen molar-refractivity contribution in [1.82, 2.24) is 9.80 Å². The van der Waals surface area contributed by atoms with Gasteiger partial charge in [-0.05, 0) is 27.7 Å². The highest BCUT2D eigenvalue weighted by atomic mass is 16.3. The SMILES string of the molecule is C=CCN(C(C)O)C(C)CN(C(C)O)C(C)O. The molecule has 5 heteroatoms. The Morgan fingerprint density at radius 3 is 1.65 bits per heavy atom. The Morgan fingerprint density at radius 1 is 0.941 bits per heavy atom. The highest BCUT2D eigenvalue weighted by molar-refractivity contribution is 4.80. The summed E-state index contributed by atoms with van der Waals surface area (Å²) in [4.78, 5) is 3.40. The van der Waals surface area contributed by atoms with Gasteiger partial charge < -0.3 is 15.3 Å². The van der Waals surface area contributed by atoms with Crippen molar-refractivity contribution < 1.29 is 15.3 Å². The van der Waals surface area contributed by atoms with Crippen molar-refractivity contribution in [2.24, 2.45) is 0 Å². The van der Waals surface area contributed by atoms with Crippen LogP contribution in [0, 0.1) is 0 Å². The maximum absolute atomic E-state index is 9.64. The molecule has 0 fully saturated rings. The van der Waals surface area contributed by atoms with Crippen LogP contribution in [0.5, 0.6) is 0 Å². The van der Waals surface area contributed by atoms with Crippen molar-refractivity contribution in [3.63, 3.8) is 0 Å². The van der Waals surface area contributed by atoms with E-state index in [1.807, 2.05) is 11.8 Å². The summed E-state index contributed by atoms with van der Waals surface area (Å²) < 4.78 is 0. The first-order chi connectivity index (χ1) is 7.81. The smallest absolute Gasteiger partial charge is 0.106 e. The first kappa shape index (κ1) is 16.5. The largest absolute Gasteiger partial charge is 0.379 e. The number of hydrogen-bond donors (Lipinski definition) is 3. The van der Waals surface area contributed by atoms with Gasteiger partial charge in [-0.3, -0.25) is 9.80 Å². The molecular formula is C12H26N2O3. The second-order valence-electron chi connectivity index (χ2n) is 4.43. The van der Waals surface area contributed by atoms with Gasteiger partial charge in [-0.2, -0.15) is 0 Å². The third-order valence-electron chi connectivity index (χ3n) is 2.82. The van der Waals surface area contributed by atoms with Crippen LogP contribution in [0.1, 0.15) is 27.7 Å². The molecule has 17 heavy (non-hydrogen) atoms. The highest BCUT2D eigenvalue weighted by Crippen LogP contribution is 2.09.